The Hall–Kier alpha value is -1.84. The molecule has 0 saturated carbocycles. The third kappa shape index (κ3) is 3.19. The summed E-state index contributed by atoms with van der Waals surface area (Å²) in [4.78, 5) is 26.8. The Labute approximate surface area is 144 Å². The second-order valence-corrected chi connectivity index (χ2v) is 7.82. The average molecular weight is 329 g/mol. The van der Waals surface area contributed by atoms with Crippen LogP contribution in [0.3, 0.4) is 0 Å². The van der Waals surface area contributed by atoms with Gasteiger partial charge in [-0.3, -0.25) is 9.59 Å². The normalized spacial score (nSPS) is 19.4. The molecule has 1 fully saturated rings. The number of likely N-dealkylation sites (tertiary alicyclic amines) is 1. The van der Waals surface area contributed by atoms with Gasteiger partial charge < -0.3 is 9.64 Å². The first-order valence-electron chi connectivity index (χ1n) is 8.91. The van der Waals surface area contributed by atoms with Crippen LogP contribution in [-0.2, 0) is 4.79 Å². The van der Waals surface area contributed by atoms with Gasteiger partial charge in [-0.15, -0.1) is 0 Å². The molecule has 1 spiro atoms. The number of hydrogen-bond acceptors (Lipinski definition) is 3. The number of aryl methyl sites for hydroxylation is 2. The molecule has 130 valence electrons. The summed E-state index contributed by atoms with van der Waals surface area (Å²) in [6, 6.07) is 3.99. The average Bonchev–Trinajstić information content (AvgIpc) is 2.49. The highest BCUT2D eigenvalue weighted by Gasteiger charge is 2.44. The molecule has 0 aliphatic carbocycles. The van der Waals surface area contributed by atoms with Crippen LogP contribution in [0.4, 0.5) is 0 Å². The van der Waals surface area contributed by atoms with Crippen molar-refractivity contribution >= 4 is 11.7 Å². The molecule has 3 rings (SSSR count). The summed E-state index contributed by atoms with van der Waals surface area (Å²) in [6.45, 7) is 9.49. The monoisotopic (exact) mass is 329 g/mol. The van der Waals surface area contributed by atoms with E-state index in [1.54, 1.807) is 0 Å². The first kappa shape index (κ1) is 17.0. The SMILES string of the molecule is Cc1cc(C)c2c(c1)C(=O)CC1(CCN(C(=O)CC(C)C)CC1)O2. The number of fused-ring (bicyclic) bond motifs is 1. The van der Waals surface area contributed by atoms with Crippen molar-refractivity contribution in [2.75, 3.05) is 13.1 Å². The summed E-state index contributed by atoms with van der Waals surface area (Å²) < 4.78 is 6.37. The lowest BCUT2D eigenvalue weighted by molar-refractivity contribution is -0.135. The van der Waals surface area contributed by atoms with Crippen molar-refractivity contribution < 1.29 is 14.3 Å². The van der Waals surface area contributed by atoms with Crippen molar-refractivity contribution in [1.82, 2.24) is 4.90 Å². The zero-order valence-electron chi connectivity index (χ0n) is 15.1. The van der Waals surface area contributed by atoms with Gasteiger partial charge in [0.1, 0.15) is 11.4 Å². The number of nitrogens with zero attached hydrogens (tertiary/aromatic N) is 1. The molecular formula is C20H27NO3. The number of Topliss-reactive ketones (excluding diaryl/α,β-unsaturated/α-hetero) is 1. The van der Waals surface area contributed by atoms with Crippen molar-refractivity contribution in [2.45, 2.75) is 59.0 Å². The quantitative estimate of drug-likeness (QED) is 0.831. The minimum absolute atomic E-state index is 0.171. The summed E-state index contributed by atoms with van der Waals surface area (Å²) in [6.07, 6.45) is 2.48. The maximum atomic E-state index is 12.7. The number of piperidine rings is 1. The van der Waals surface area contributed by atoms with Crippen LogP contribution >= 0.6 is 0 Å². The Balaban J connectivity index is 1.75. The van der Waals surface area contributed by atoms with E-state index in [-0.39, 0.29) is 11.7 Å². The van der Waals surface area contributed by atoms with Gasteiger partial charge in [-0.25, -0.2) is 0 Å². The van der Waals surface area contributed by atoms with Crippen LogP contribution in [0.1, 0.15) is 61.0 Å². The van der Waals surface area contributed by atoms with E-state index in [2.05, 4.69) is 19.9 Å². The number of rotatable bonds is 2. The fraction of sp³-hybridized carbons (Fsp3) is 0.600. The third-order valence-corrected chi connectivity index (χ3v) is 5.13. The molecule has 0 N–H and O–H groups in total. The molecule has 2 aliphatic heterocycles. The van der Waals surface area contributed by atoms with E-state index in [0.29, 0.717) is 31.8 Å². The van der Waals surface area contributed by atoms with Crippen LogP contribution in [0, 0.1) is 19.8 Å². The maximum absolute atomic E-state index is 12.7. The summed E-state index contributed by atoms with van der Waals surface area (Å²) in [7, 11) is 0. The van der Waals surface area contributed by atoms with Crippen molar-refractivity contribution in [1.29, 1.82) is 0 Å². The van der Waals surface area contributed by atoms with Crippen LogP contribution in [0.15, 0.2) is 12.1 Å². The molecule has 4 nitrogen and oxygen atoms in total. The van der Waals surface area contributed by atoms with Gasteiger partial charge in [-0.2, -0.15) is 0 Å². The van der Waals surface area contributed by atoms with Gasteiger partial charge in [0.25, 0.3) is 0 Å². The Kier molecular flexibility index (Phi) is 4.41. The van der Waals surface area contributed by atoms with E-state index in [4.69, 9.17) is 4.74 Å². The Bertz CT molecular complexity index is 670. The topological polar surface area (TPSA) is 46.6 Å². The van der Waals surface area contributed by atoms with Crippen molar-refractivity contribution in [3.8, 4) is 5.75 Å². The molecule has 0 radical (unpaired) electrons. The molecule has 0 aromatic heterocycles. The Morgan fingerprint density at radius 2 is 1.92 bits per heavy atom. The van der Waals surface area contributed by atoms with Gasteiger partial charge >= 0.3 is 0 Å². The lowest BCUT2D eigenvalue weighted by atomic mass is 9.81. The molecule has 2 aliphatic rings. The molecule has 1 aromatic carbocycles. The van der Waals surface area contributed by atoms with Crippen LogP contribution in [-0.4, -0.2) is 35.3 Å². The molecule has 0 bridgehead atoms. The molecule has 2 heterocycles. The van der Waals surface area contributed by atoms with Gasteiger partial charge in [0.15, 0.2) is 5.78 Å². The Morgan fingerprint density at radius 3 is 2.54 bits per heavy atom. The van der Waals surface area contributed by atoms with Crippen molar-refractivity contribution in [3.05, 3.63) is 28.8 Å². The van der Waals surface area contributed by atoms with Crippen LogP contribution in [0.25, 0.3) is 0 Å². The number of hydrogen-bond donors (Lipinski definition) is 0. The molecule has 0 atom stereocenters. The van der Waals surface area contributed by atoms with Crippen LogP contribution in [0.5, 0.6) is 5.75 Å². The third-order valence-electron chi connectivity index (χ3n) is 5.13. The first-order chi connectivity index (χ1) is 11.3. The second kappa shape index (κ2) is 6.23. The zero-order chi connectivity index (χ0) is 17.5. The minimum Gasteiger partial charge on any atom is -0.486 e. The lowest BCUT2D eigenvalue weighted by Crippen LogP contribution is -2.52. The number of carbonyl (C=O) groups excluding carboxylic acids is 2. The highest BCUT2D eigenvalue weighted by Crippen LogP contribution is 2.41. The molecule has 0 unspecified atom stereocenters. The second-order valence-electron chi connectivity index (χ2n) is 7.82. The van der Waals surface area contributed by atoms with Crippen molar-refractivity contribution in [2.24, 2.45) is 5.92 Å². The standard InChI is InChI=1S/C20H27NO3/c1-13(2)9-18(23)21-7-5-20(6-8-21)12-17(22)16-11-14(3)10-15(4)19(16)24-20/h10-11,13H,5-9,12H2,1-4H3. The van der Waals surface area contributed by atoms with E-state index in [1.165, 1.54) is 0 Å². The predicted molar refractivity (Wildman–Crippen MR) is 93.5 cm³/mol. The number of benzene rings is 1. The summed E-state index contributed by atoms with van der Waals surface area (Å²) >= 11 is 0. The molecule has 24 heavy (non-hydrogen) atoms. The lowest BCUT2D eigenvalue weighted by Gasteiger charge is -2.44. The van der Waals surface area contributed by atoms with Crippen molar-refractivity contribution in [3.63, 3.8) is 0 Å². The van der Waals surface area contributed by atoms with Gasteiger partial charge in [0.05, 0.1) is 12.0 Å². The first-order valence-corrected chi connectivity index (χ1v) is 8.91. The van der Waals surface area contributed by atoms with Gasteiger partial charge in [-0.05, 0) is 37.0 Å². The maximum Gasteiger partial charge on any atom is 0.222 e. The van der Waals surface area contributed by atoms with Gasteiger partial charge in [0.2, 0.25) is 5.91 Å². The molecule has 1 saturated heterocycles. The van der Waals surface area contributed by atoms with E-state index in [1.807, 2.05) is 24.8 Å². The fourth-order valence-electron chi connectivity index (χ4n) is 3.86. The van der Waals surface area contributed by atoms with E-state index < -0.39 is 5.60 Å². The van der Waals surface area contributed by atoms with E-state index >= 15 is 0 Å². The smallest absolute Gasteiger partial charge is 0.222 e. The van der Waals surface area contributed by atoms with E-state index in [0.717, 1.165) is 35.3 Å². The predicted octanol–water partition coefficient (Wildman–Crippen LogP) is 3.68. The number of carbonyl (C=O) groups is 2. The molecule has 1 amide bonds. The van der Waals surface area contributed by atoms with E-state index in [9.17, 15) is 9.59 Å². The fourth-order valence-corrected chi connectivity index (χ4v) is 3.86. The summed E-state index contributed by atoms with van der Waals surface area (Å²) in [5.74, 6) is 1.51. The molecular weight excluding hydrogens is 302 g/mol. The summed E-state index contributed by atoms with van der Waals surface area (Å²) in [5, 5.41) is 0. The highest BCUT2D eigenvalue weighted by molar-refractivity contribution is 6.01. The van der Waals surface area contributed by atoms with Gasteiger partial charge in [0, 0.05) is 32.4 Å². The number of amides is 1. The number of ketones is 1. The molecule has 4 heteroatoms. The number of ether oxygens (including phenoxy) is 1. The van der Waals surface area contributed by atoms with Crippen LogP contribution < -0.4 is 4.74 Å². The highest BCUT2D eigenvalue weighted by atomic mass is 16.5. The minimum atomic E-state index is -0.432. The molecule has 1 aromatic rings. The van der Waals surface area contributed by atoms with Crippen LogP contribution in [0.2, 0.25) is 0 Å². The summed E-state index contributed by atoms with van der Waals surface area (Å²) in [5.41, 5.74) is 2.40. The largest absolute Gasteiger partial charge is 0.486 e. The zero-order valence-corrected chi connectivity index (χ0v) is 15.1. The van der Waals surface area contributed by atoms with Gasteiger partial charge in [-0.1, -0.05) is 19.9 Å². The Morgan fingerprint density at radius 1 is 1.25 bits per heavy atom.